The topological polar surface area (TPSA) is 93.4 Å². The lowest BCUT2D eigenvalue weighted by molar-refractivity contribution is 0.0939. The first-order chi connectivity index (χ1) is 11.4. The molecule has 0 saturated carbocycles. The van der Waals surface area contributed by atoms with Crippen molar-refractivity contribution in [2.24, 2.45) is 5.73 Å². The van der Waals surface area contributed by atoms with Crippen molar-refractivity contribution in [1.29, 1.82) is 0 Å². The number of hydrogen-bond acceptors (Lipinski definition) is 3. The number of nitrogens with two attached hydrogens (primary N) is 1. The number of nitrogens with one attached hydrogen (secondary N) is 2. The van der Waals surface area contributed by atoms with E-state index in [-0.39, 0.29) is 11.9 Å². The van der Waals surface area contributed by atoms with Crippen LogP contribution in [-0.4, -0.2) is 19.0 Å². The van der Waals surface area contributed by atoms with Crippen LogP contribution in [0, 0.1) is 6.92 Å². The quantitative estimate of drug-likeness (QED) is 0.788. The fraction of sp³-hybridized carbons (Fsp3) is 0.222. The van der Waals surface area contributed by atoms with E-state index < -0.39 is 6.03 Å². The number of aryl methyl sites for hydroxylation is 1. The molecular formula is C18H21N3O3. The molecule has 0 spiro atoms. The smallest absolute Gasteiger partial charge is 0.316 e. The van der Waals surface area contributed by atoms with Crippen LogP contribution in [0.25, 0.3) is 0 Å². The Hall–Kier alpha value is -3.02. The van der Waals surface area contributed by atoms with Gasteiger partial charge in [0.2, 0.25) is 0 Å². The number of hydrogen-bond donors (Lipinski definition) is 3. The summed E-state index contributed by atoms with van der Waals surface area (Å²) in [6.45, 7) is 3.81. The fourth-order valence-corrected chi connectivity index (χ4v) is 2.32. The number of carbonyl (C=O) groups is 2. The molecule has 2 rings (SSSR count). The van der Waals surface area contributed by atoms with Gasteiger partial charge in [-0.15, -0.1) is 0 Å². The van der Waals surface area contributed by atoms with Gasteiger partial charge in [0, 0.05) is 11.3 Å². The zero-order valence-corrected chi connectivity index (χ0v) is 13.9. The van der Waals surface area contributed by atoms with Crippen molar-refractivity contribution in [1.82, 2.24) is 5.32 Å². The summed E-state index contributed by atoms with van der Waals surface area (Å²) in [4.78, 5) is 23.2. The molecule has 126 valence electrons. The maximum atomic E-state index is 12.4. The second-order valence-corrected chi connectivity index (χ2v) is 5.49. The molecule has 0 aromatic heterocycles. The molecule has 1 unspecified atom stereocenters. The molecule has 6 heteroatoms. The van der Waals surface area contributed by atoms with Crippen molar-refractivity contribution in [3.05, 3.63) is 59.2 Å². The molecule has 0 aliphatic heterocycles. The van der Waals surface area contributed by atoms with Crippen LogP contribution in [0.3, 0.4) is 0 Å². The van der Waals surface area contributed by atoms with Crippen LogP contribution < -0.4 is 21.1 Å². The van der Waals surface area contributed by atoms with Gasteiger partial charge >= 0.3 is 6.03 Å². The average Bonchev–Trinajstić information content (AvgIpc) is 2.55. The van der Waals surface area contributed by atoms with Crippen LogP contribution in [0.2, 0.25) is 0 Å². The number of ether oxygens (including phenoxy) is 1. The highest BCUT2D eigenvalue weighted by molar-refractivity contribution is 5.95. The van der Waals surface area contributed by atoms with E-state index in [2.05, 4.69) is 10.6 Å². The average molecular weight is 327 g/mol. The summed E-state index contributed by atoms with van der Waals surface area (Å²) in [6.07, 6.45) is 0. The Labute approximate surface area is 141 Å². The summed E-state index contributed by atoms with van der Waals surface area (Å²) < 4.78 is 5.25. The number of amides is 3. The van der Waals surface area contributed by atoms with E-state index in [0.29, 0.717) is 17.0 Å². The SMILES string of the molecule is COc1cc(C(=O)NC(C)c2ccc(NC(N)=O)cc2)ccc1C. The standard InChI is InChI=1S/C18H21N3O3/c1-11-4-5-14(10-16(11)24-3)17(22)20-12(2)13-6-8-15(9-7-13)21-18(19)23/h4-10,12H,1-3H3,(H,20,22)(H3,19,21,23). The minimum Gasteiger partial charge on any atom is -0.496 e. The van der Waals surface area contributed by atoms with Crippen molar-refractivity contribution >= 4 is 17.6 Å². The minimum absolute atomic E-state index is 0.180. The van der Waals surface area contributed by atoms with Crippen LogP contribution in [0.1, 0.15) is 34.5 Å². The van der Waals surface area contributed by atoms with Crippen LogP contribution in [0.5, 0.6) is 5.75 Å². The van der Waals surface area contributed by atoms with Gasteiger partial charge in [-0.3, -0.25) is 4.79 Å². The molecule has 3 amide bonds. The summed E-state index contributed by atoms with van der Waals surface area (Å²) in [5.41, 5.74) is 8.10. The van der Waals surface area contributed by atoms with Crippen molar-refractivity contribution < 1.29 is 14.3 Å². The van der Waals surface area contributed by atoms with Crippen molar-refractivity contribution in [3.8, 4) is 5.75 Å². The molecule has 24 heavy (non-hydrogen) atoms. The molecule has 0 radical (unpaired) electrons. The molecule has 1 atom stereocenters. The molecule has 4 N–H and O–H groups in total. The summed E-state index contributed by atoms with van der Waals surface area (Å²) in [5, 5.41) is 5.43. The Kier molecular flexibility index (Phi) is 5.42. The predicted octanol–water partition coefficient (Wildman–Crippen LogP) is 2.99. The number of primary amides is 1. The first-order valence-corrected chi connectivity index (χ1v) is 7.52. The lowest BCUT2D eigenvalue weighted by Crippen LogP contribution is -2.26. The number of rotatable bonds is 5. The molecular weight excluding hydrogens is 306 g/mol. The summed E-state index contributed by atoms with van der Waals surface area (Å²) in [5.74, 6) is 0.498. The van der Waals surface area contributed by atoms with E-state index >= 15 is 0 Å². The second-order valence-electron chi connectivity index (χ2n) is 5.49. The third-order valence-electron chi connectivity index (χ3n) is 3.70. The molecule has 0 fully saturated rings. The lowest BCUT2D eigenvalue weighted by Gasteiger charge is -2.15. The van der Waals surface area contributed by atoms with Crippen LogP contribution in [0.4, 0.5) is 10.5 Å². The van der Waals surface area contributed by atoms with E-state index in [0.717, 1.165) is 11.1 Å². The van der Waals surface area contributed by atoms with Crippen LogP contribution >= 0.6 is 0 Å². The van der Waals surface area contributed by atoms with Crippen LogP contribution in [-0.2, 0) is 0 Å². The first-order valence-electron chi connectivity index (χ1n) is 7.52. The van der Waals surface area contributed by atoms with Gasteiger partial charge in [0.05, 0.1) is 13.2 Å². The number of urea groups is 1. The van der Waals surface area contributed by atoms with Gasteiger partial charge in [-0.05, 0) is 49.2 Å². The zero-order valence-electron chi connectivity index (χ0n) is 13.9. The van der Waals surface area contributed by atoms with Gasteiger partial charge in [0.1, 0.15) is 5.75 Å². The van der Waals surface area contributed by atoms with Crippen molar-refractivity contribution in [2.45, 2.75) is 19.9 Å². The van der Waals surface area contributed by atoms with Crippen molar-refractivity contribution in [3.63, 3.8) is 0 Å². The van der Waals surface area contributed by atoms with Gasteiger partial charge in [-0.2, -0.15) is 0 Å². The van der Waals surface area contributed by atoms with Crippen LogP contribution in [0.15, 0.2) is 42.5 Å². The van der Waals surface area contributed by atoms with E-state index in [1.54, 1.807) is 31.4 Å². The third kappa shape index (κ3) is 4.25. The highest BCUT2D eigenvalue weighted by Crippen LogP contribution is 2.20. The Balaban J connectivity index is 2.07. The summed E-state index contributed by atoms with van der Waals surface area (Å²) in [6, 6.07) is 11.7. The maximum Gasteiger partial charge on any atom is 0.316 e. The Morgan fingerprint density at radius 2 is 1.79 bits per heavy atom. The Morgan fingerprint density at radius 3 is 2.38 bits per heavy atom. The fourth-order valence-electron chi connectivity index (χ4n) is 2.32. The van der Waals surface area contributed by atoms with Gasteiger partial charge in [0.25, 0.3) is 5.91 Å². The lowest BCUT2D eigenvalue weighted by atomic mass is 10.1. The molecule has 0 aliphatic carbocycles. The monoisotopic (exact) mass is 327 g/mol. The molecule has 0 bridgehead atoms. The molecule has 0 saturated heterocycles. The Morgan fingerprint density at radius 1 is 1.12 bits per heavy atom. The van der Waals surface area contributed by atoms with E-state index in [1.165, 1.54) is 0 Å². The zero-order chi connectivity index (χ0) is 17.7. The molecule has 0 heterocycles. The number of carbonyl (C=O) groups excluding carboxylic acids is 2. The number of benzene rings is 2. The third-order valence-corrected chi connectivity index (χ3v) is 3.70. The summed E-state index contributed by atoms with van der Waals surface area (Å²) in [7, 11) is 1.58. The number of methoxy groups -OCH3 is 1. The number of anilines is 1. The normalized spacial score (nSPS) is 11.5. The van der Waals surface area contributed by atoms with Crippen molar-refractivity contribution in [2.75, 3.05) is 12.4 Å². The van der Waals surface area contributed by atoms with E-state index in [9.17, 15) is 9.59 Å². The van der Waals surface area contributed by atoms with E-state index in [4.69, 9.17) is 10.5 Å². The maximum absolute atomic E-state index is 12.4. The minimum atomic E-state index is -0.614. The highest BCUT2D eigenvalue weighted by Gasteiger charge is 2.13. The molecule has 2 aromatic carbocycles. The molecule has 2 aromatic rings. The molecule has 0 aliphatic rings. The van der Waals surface area contributed by atoms with Gasteiger partial charge in [-0.1, -0.05) is 18.2 Å². The predicted molar refractivity (Wildman–Crippen MR) is 93.3 cm³/mol. The van der Waals surface area contributed by atoms with E-state index in [1.807, 2.05) is 32.0 Å². The van der Waals surface area contributed by atoms with Gasteiger partial charge < -0.3 is 21.1 Å². The highest BCUT2D eigenvalue weighted by atomic mass is 16.5. The van der Waals surface area contributed by atoms with Gasteiger partial charge in [-0.25, -0.2) is 4.79 Å². The summed E-state index contributed by atoms with van der Waals surface area (Å²) >= 11 is 0. The largest absolute Gasteiger partial charge is 0.496 e. The first kappa shape index (κ1) is 17.3. The van der Waals surface area contributed by atoms with Gasteiger partial charge in [0.15, 0.2) is 0 Å². The molecule has 6 nitrogen and oxygen atoms in total. The second kappa shape index (κ2) is 7.50. The Bertz CT molecular complexity index is 742.